The first-order chi connectivity index (χ1) is 10.6. The van der Waals surface area contributed by atoms with Crippen molar-refractivity contribution in [3.8, 4) is 0 Å². The molecule has 118 valence electrons. The fourth-order valence-electron chi connectivity index (χ4n) is 2.75. The van der Waals surface area contributed by atoms with Crippen LogP contribution in [0, 0.1) is 0 Å². The SMILES string of the molecule is CC(NC(C)C(C)NC(C)c1ccccc1)c1ccccc1. The molecular weight excluding hydrogens is 268 g/mol. The predicted molar refractivity (Wildman–Crippen MR) is 94.9 cm³/mol. The van der Waals surface area contributed by atoms with Gasteiger partial charge in [0.25, 0.3) is 0 Å². The molecule has 0 aliphatic heterocycles. The lowest BCUT2D eigenvalue weighted by molar-refractivity contribution is 0.356. The Balaban J connectivity index is 1.88. The molecular formula is C20H28N2. The molecule has 0 aromatic heterocycles. The van der Waals surface area contributed by atoms with E-state index in [0.29, 0.717) is 24.2 Å². The lowest BCUT2D eigenvalue weighted by atomic mass is 10.0. The number of benzene rings is 2. The average Bonchev–Trinajstić information content (AvgIpc) is 2.56. The molecule has 4 atom stereocenters. The summed E-state index contributed by atoms with van der Waals surface area (Å²) in [7, 11) is 0. The van der Waals surface area contributed by atoms with Gasteiger partial charge in [0.15, 0.2) is 0 Å². The molecule has 2 rings (SSSR count). The molecule has 0 amide bonds. The first-order valence-corrected chi connectivity index (χ1v) is 8.20. The second-order valence-corrected chi connectivity index (χ2v) is 6.18. The molecule has 2 nitrogen and oxygen atoms in total. The van der Waals surface area contributed by atoms with Gasteiger partial charge in [0.2, 0.25) is 0 Å². The van der Waals surface area contributed by atoms with Crippen LogP contribution in [-0.4, -0.2) is 12.1 Å². The van der Waals surface area contributed by atoms with Crippen LogP contribution in [0.4, 0.5) is 0 Å². The third-order valence-electron chi connectivity index (χ3n) is 4.37. The van der Waals surface area contributed by atoms with Gasteiger partial charge in [-0.15, -0.1) is 0 Å². The normalized spacial score (nSPS) is 16.7. The maximum absolute atomic E-state index is 3.69. The van der Waals surface area contributed by atoms with E-state index in [1.165, 1.54) is 11.1 Å². The van der Waals surface area contributed by atoms with Gasteiger partial charge < -0.3 is 10.6 Å². The van der Waals surface area contributed by atoms with Crippen molar-refractivity contribution in [2.45, 2.75) is 51.9 Å². The van der Waals surface area contributed by atoms with Gasteiger partial charge in [-0.2, -0.15) is 0 Å². The number of rotatable bonds is 7. The second kappa shape index (κ2) is 8.11. The topological polar surface area (TPSA) is 24.1 Å². The van der Waals surface area contributed by atoms with Gasteiger partial charge in [-0.3, -0.25) is 0 Å². The highest BCUT2D eigenvalue weighted by molar-refractivity contribution is 5.19. The minimum atomic E-state index is 0.354. The zero-order valence-corrected chi connectivity index (χ0v) is 14.1. The highest BCUT2D eigenvalue weighted by Crippen LogP contribution is 2.15. The smallest absolute Gasteiger partial charge is 0.0294 e. The Hall–Kier alpha value is -1.64. The van der Waals surface area contributed by atoms with Gasteiger partial charge in [-0.1, -0.05) is 60.7 Å². The van der Waals surface area contributed by atoms with Crippen LogP contribution in [0.1, 0.15) is 50.9 Å². The molecule has 2 aromatic carbocycles. The Morgan fingerprint density at radius 2 is 0.864 bits per heavy atom. The van der Waals surface area contributed by atoms with Crippen LogP contribution < -0.4 is 10.6 Å². The highest BCUT2D eigenvalue weighted by atomic mass is 15.0. The van der Waals surface area contributed by atoms with Gasteiger partial charge in [0.1, 0.15) is 0 Å². The van der Waals surface area contributed by atoms with E-state index in [9.17, 15) is 0 Å². The fourth-order valence-corrected chi connectivity index (χ4v) is 2.75. The zero-order valence-electron chi connectivity index (χ0n) is 14.1. The van der Waals surface area contributed by atoms with E-state index in [2.05, 4.69) is 99.0 Å². The fraction of sp³-hybridized carbons (Fsp3) is 0.400. The first-order valence-electron chi connectivity index (χ1n) is 8.20. The van der Waals surface area contributed by atoms with Crippen molar-refractivity contribution in [2.75, 3.05) is 0 Å². The molecule has 22 heavy (non-hydrogen) atoms. The largest absolute Gasteiger partial charge is 0.306 e. The molecule has 0 heterocycles. The van der Waals surface area contributed by atoms with Crippen molar-refractivity contribution >= 4 is 0 Å². The third kappa shape index (κ3) is 4.69. The standard InChI is InChI=1S/C20H28N2/c1-15(21-17(3)19-11-7-5-8-12-19)16(2)22-18(4)20-13-9-6-10-14-20/h5-18,21-22H,1-4H3. The zero-order chi connectivity index (χ0) is 15.9. The molecule has 4 unspecified atom stereocenters. The van der Waals surface area contributed by atoms with E-state index in [1.54, 1.807) is 0 Å². The summed E-state index contributed by atoms with van der Waals surface area (Å²) in [5.74, 6) is 0. The maximum atomic E-state index is 3.69. The Bertz CT molecular complexity index is 487. The van der Waals surface area contributed by atoms with Gasteiger partial charge in [0.05, 0.1) is 0 Å². The molecule has 0 saturated heterocycles. The van der Waals surface area contributed by atoms with E-state index in [4.69, 9.17) is 0 Å². The van der Waals surface area contributed by atoms with Crippen molar-refractivity contribution in [3.05, 3.63) is 71.8 Å². The molecule has 2 aromatic rings. The Kier molecular flexibility index (Phi) is 6.17. The Morgan fingerprint density at radius 3 is 1.18 bits per heavy atom. The molecule has 2 N–H and O–H groups in total. The average molecular weight is 296 g/mol. The number of nitrogens with one attached hydrogen (secondary N) is 2. The quantitative estimate of drug-likeness (QED) is 0.788. The molecule has 0 spiro atoms. The van der Waals surface area contributed by atoms with E-state index < -0.39 is 0 Å². The second-order valence-electron chi connectivity index (χ2n) is 6.18. The molecule has 0 aliphatic rings. The van der Waals surface area contributed by atoms with Crippen molar-refractivity contribution in [3.63, 3.8) is 0 Å². The number of hydrogen-bond acceptors (Lipinski definition) is 2. The molecule has 2 heteroatoms. The molecule has 0 bridgehead atoms. The van der Waals surface area contributed by atoms with Crippen molar-refractivity contribution < 1.29 is 0 Å². The summed E-state index contributed by atoms with van der Waals surface area (Å²) < 4.78 is 0. The summed E-state index contributed by atoms with van der Waals surface area (Å²) in [4.78, 5) is 0. The first kappa shape index (κ1) is 16.7. The summed E-state index contributed by atoms with van der Waals surface area (Å²) in [6.07, 6.45) is 0. The van der Waals surface area contributed by atoms with Crippen LogP contribution in [0.25, 0.3) is 0 Å². The molecule has 0 fully saturated rings. The van der Waals surface area contributed by atoms with E-state index in [1.807, 2.05) is 0 Å². The van der Waals surface area contributed by atoms with E-state index >= 15 is 0 Å². The molecule has 0 aliphatic carbocycles. The lowest BCUT2D eigenvalue weighted by Gasteiger charge is -2.29. The van der Waals surface area contributed by atoms with Crippen LogP contribution in [0.15, 0.2) is 60.7 Å². The minimum Gasteiger partial charge on any atom is -0.306 e. The van der Waals surface area contributed by atoms with Crippen LogP contribution in [0.3, 0.4) is 0 Å². The van der Waals surface area contributed by atoms with E-state index in [0.717, 1.165) is 0 Å². The minimum absolute atomic E-state index is 0.354. The number of hydrogen-bond donors (Lipinski definition) is 2. The molecule has 0 saturated carbocycles. The summed E-state index contributed by atoms with van der Waals surface area (Å²) in [6, 6.07) is 22.7. The third-order valence-corrected chi connectivity index (χ3v) is 4.37. The Labute approximate surface area is 135 Å². The van der Waals surface area contributed by atoms with Crippen molar-refractivity contribution in [1.29, 1.82) is 0 Å². The summed E-state index contributed by atoms with van der Waals surface area (Å²) >= 11 is 0. The van der Waals surface area contributed by atoms with Crippen molar-refractivity contribution in [2.24, 2.45) is 0 Å². The predicted octanol–water partition coefficient (Wildman–Crippen LogP) is 4.47. The summed E-state index contributed by atoms with van der Waals surface area (Å²) in [5, 5.41) is 7.38. The van der Waals surface area contributed by atoms with Crippen LogP contribution >= 0.6 is 0 Å². The highest BCUT2D eigenvalue weighted by Gasteiger charge is 2.17. The Morgan fingerprint density at radius 1 is 0.545 bits per heavy atom. The van der Waals surface area contributed by atoms with Gasteiger partial charge in [-0.05, 0) is 38.8 Å². The lowest BCUT2D eigenvalue weighted by Crippen LogP contribution is -2.45. The summed E-state index contributed by atoms with van der Waals surface area (Å²) in [5.41, 5.74) is 2.66. The van der Waals surface area contributed by atoms with Crippen LogP contribution in [0.2, 0.25) is 0 Å². The van der Waals surface area contributed by atoms with Crippen molar-refractivity contribution in [1.82, 2.24) is 10.6 Å². The van der Waals surface area contributed by atoms with Gasteiger partial charge in [0, 0.05) is 24.2 Å². The monoisotopic (exact) mass is 296 g/mol. The van der Waals surface area contributed by atoms with Gasteiger partial charge in [-0.25, -0.2) is 0 Å². The maximum Gasteiger partial charge on any atom is 0.0294 e. The van der Waals surface area contributed by atoms with E-state index in [-0.39, 0.29) is 0 Å². The van der Waals surface area contributed by atoms with Crippen LogP contribution in [0.5, 0.6) is 0 Å². The van der Waals surface area contributed by atoms with Gasteiger partial charge >= 0.3 is 0 Å². The molecule has 0 radical (unpaired) electrons. The summed E-state index contributed by atoms with van der Waals surface area (Å²) in [6.45, 7) is 8.93. The van der Waals surface area contributed by atoms with Crippen LogP contribution in [-0.2, 0) is 0 Å².